The molecule has 3 aromatic rings. The van der Waals surface area contributed by atoms with Gasteiger partial charge in [-0.05, 0) is 37.4 Å². The van der Waals surface area contributed by atoms with Crippen molar-refractivity contribution in [3.05, 3.63) is 51.6 Å². The summed E-state index contributed by atoms with van der Waals surface area (Å²) in [6.45, 7) is 3.20. The second kappa shape index (κ2) is 7.20. The molecule has 1 amide bonds. The fourth-order valence-corrected chi connectivity index (χ4v) is 3.80. The van der Waals surface area contributed by atoms with Crippen molar-refractivity contribution in [2.24, 2.45) is 0 Å². The molecule has 0 aliphatic carbocycles. The molecule has 0 radical (unpaired) electrons. The van der Waals surface area contributed by atoms with Gasteiger partial charge in [0.25, 0.3) is 5.56 Å². The summed E-state index contributed by atoms with van der Waals surface area (Å²) in [5, 5.41) is 5.06. The lowest BCUT2D eigenvalue weighted by molar-refractivity contribution is -0.115. The molecule has 128 valence electrons. The summed E-state index contributed by atoms with van der Waals surface area (Å²) in [6, 6.07) is 8.49. The van der Waals surface area contributed by atoms with Crippen LogP contribution in [0.2, 0.25) is 0 Å². The number of Topliss-reactive ketones (excluding diaryl/α,β-unsaturated/α-hetero) is 1. The Morgan fingerprint density at radius 3 is 2.88 bits per heavy atom. The topological polar surface area (TPSA) is 91.9 Å². The number of H-pyrrole nitrogens is 1. The summed E-state index contributed by atoms with van der Waals surface area (Å²) in [4.78, 5) is 43.4. The number of fused-ring (bicyclic) bond motifs is 1. The summed E-state index contributed by atoms with van der Waals surface area (Å²) in [5.41, 5.74) is 0.878. The molecule has 6 nitrogen and oxygen atoms in total. The minimum Gasteiger partial charge on any atom is -0.325 e. The molecule has 2 heterocycles. The zero-order chi connectivity index (χ0) is 18.0. The lowest BCUT2D eigenvalue weighted by atomic mass is 10.1. The first kappa shape index (κ1) is 17.4. The quantitative estimate of drug-likeness (QED) is 0.407. The molecule has 2 N–H and O–H groups in total. The number of aromatic amines is 1. The van der Waals surface area contributed by atoms with E-state index in [1.807, 2.05) is 0 Å². The Balaban J connectivity index is 1.72. The number of hydrogen-bond donors (Lipinski definition) is 2. The van der Waals surface area contributed by atoms with Crippen LogP contribution in [0.4, 0.5) is 5.69 Å². The zero-order valence-electron chi connectivity index (χ0n) is 13.5. The van der Waals surface area contributed by atoms with Gasteiger partial charge < -0.3 is 10.3 Å². The van der Waals surface area contributed by atoms with Crippen LogP contribution >= 0.6 is 23.1 Å². The van der Waals surface area contributed by atoms with E-state index in [0.717, 1.165) is 0 Å². The average molecular weight is 373 g/mol. The zero-order valence-corrected chi connectivity index (χ0v) is 15.2. The van der Waals surface area contributed by atoms with Crippen LogP contribution in [0.3, 0.4) is 0 Å². The molecule has 0 spiro atoms. The monoisotopic (exact) mass is 373 g/mol. The standard InChI is InChI=1S/C17H15N3O3S2/c1-9(21)11-4-3-5-12(8-11)18-14(22)10(2)25-17-19-15(23)13-6-7-24-16(13)20-17/h3-8,10H,1-2H3,(H,18,22)(H,19,20,23)/t10-/m1/s1. The van der Waals surface area contributed by atoms with Gasteiger partial charge in [-0.3, -0.25) is 14.4 Å². The van der Waals surface area contributed by atoms with Gasteiger partial charge in [-0.2, -0.15) is 0 Å². The normalized spacial score (nSPS) is 12.1. The smallest absolute Gasteiger partial charge is 0.260 e. The Morgan fingerprint density at radius 1 is 1.32 bits per heavy atom. The van der Waals surface area contributed by atoms with Gasteiger partial charge in [0.1, 0.15) is 4.83 Å². The van der Waals surface area contributed by atoms with Crippen LogP contribution in [0.25, 0.3) is 10.2 Å². The summed E-state index contributed by atoms with van der Waals surface area (Å²) >= 11 is 2.56. The Kier molecular flexibility index (Phi) is 5.00. The maximum atomic E-state index is 12.4. The van der Waals surface area contributed by atoms with E-state index in [-0.39, 0.29) is 17.2 Å². The number of aromatic nitrogens is 2. The van der Waals surface area contributed by atoms with Gasteiger partial charge in [0.2, 0.25) is 5.91 Å². The van der Waals surface area contributed by atoms with Crippen molar-refractivity contribution in [1.29, 1.82) is 0 Å². The predicted molar refractivity (Wildman–Crippen MR) is 101 cm³/mol. The van der Waals surface area contributed by atoms with Crippen LogP contribution < -0.4 is 10.9 Å². The van der Waals surface area contributed by atoms with Crippen LogP contribution in [0.15, 0.2) is 45.7 Å². The van der Waals surface area contributed by atoms with Gasteiger partial charge in [-0.15, -0.1) is 11.3 Å². The molecule has 1 aromatic carbocycles. The lowest BCUT2D eigenvalue weighted by Crippen LogP contribution is -2.23. The van der Waals surface area contributed by atoms with Crippen LogP contribution in [0.1, 0.15) is 24.2 Å². The highest BCUT2D eigenvalue weighted by Gasteiger charge is 2.17. The van der Waals surface area contributed by atoms with E-state index in [1.165, 1.54) is 30.0 Å². The molecule has 8 heteroatoms. The predicted octanol–water partition coefficient (Wildman–Crippen LogP) is 3.31. The maximum absolute atomic E-state index is 12.4. The Hall–Kier alpha value is -2.45. The molecule has 1 atom stereocenters. The number of ketones is 1. The molecule has 0 saturated heterocycles. The molecule has 0 fully saturated rings. The summed E-state index contributed by atoms with van der Waals surface area (Å²) < 4.78 is 0. The highest BCUT2D eigenvalue weighted by Crippen LogP contribution is 2.23. The number of carbonyl (C=O) groups is 2. The molecule has 25 heavy (non-hydrogen) atoms. The van der Waals surface area contributed by atoms with Gasteiger partial charge in [0, 0.05) is 11.3 Å². The fourth-order valence-electron chi connectivity index (χ4n) is 2.18. The number of benzene rings is 1. The van der Waals surface area contributed by atoms with Crippen molar-refractivity contribution in [3.8, 4) is 0 Å². The molecule has 3 rings (SSSR count). The highest BCUT2D eigenvalue weighted by atomic mass is 32.2. The molecule has 0 aliphatic heterocycles. The number of rotatable bonds is 5. The summed E-state index contributed by atoms with van der Waals surface area (Å²) in [5.74, 6) is -0.302. The molecule has 0 bridgehead atoms. The largest absolute Gasteiger partial charge is 0.325 e. The van der Waals surface area contributed by atoms with Crippen LogP contribution in [-0.2, 0) is 4.79 Å². The van der Waals surface area contributed by atoms with Crippen LogP contribution in [-0.4, -0.2) is 26.9 Å². The Labute approximate surface area is 151 Å². The minimum absolute atomic E-state index is 0.0652. The Bertz CT molecular complexity index is 1010. The number of thiophene rings is 1. The maximum Gasteiger partial charge on any atom is 0.260 e. The third-order valence-corrected chi connectivity index (χ3v) is 5.30. The SMILES string of the molecule is CC(=O)c1cccc(NC(=O)[C@@H](C)Sc2nc3sccc3c(=O)[nH]2)c1. The second-order valence-corrected chi connectivity index (χ2v) is 7.62. The van der Waals surface area contributed by atoms with E-state index in [2.05, 4.69) is 15.3 Å². The third-order valence-electron chi connectivity index (χ3n) is 3.51. The first-order valence-corrected chi connectivity index (χ1v) is 9.26. The number of carbonyl (C=O) groups excluding carboxylic acids is 2. The van der Waals surface area contributed by atoms with E-state index in [9.17, 15) is 14.4 Å². The molecule has 0 saturated carbocycles. The lowest BCUT2D eigenvalue weighted by Gasteiger charge is -2.12. The van der Waals surface area contributed by atoms with Crippen molar-refractivity contribution in [2.75, 3.05) is 5.32 Å². The number of nitrogens with zero attached hydrogens (tertiary/aromatic N) is 1. The van der Waals surface area contributed by atoms with Crippen molar-refractivity contribution in [2.45, 2.75) is 24.3 Å². The Morgan fingerprint density at radius 2 is 2.12 bits per heavy atom. The third kappa shape index (κ3) is 3.97. The summed E-state index contributed by atoms with van der Waals surface area (Å²) in [7, 11) is 0. The first-order chi connectivity index (χ1) is 11.9. The van der Waals surface area contributed by atoms with Gasteiger partial charge >= 0.3 is 0 Å². The van der Waals surface area contributed by atoms with Crippen molar-refractivity contribution >= 4 is 50.7 Å². The number of hydrogen-bond acceptors (Lipinski definition) is 6. The van der Waals surface area contributed by atoms with Crippen molar-refractivity contribution < 1.29 is 9.59 Å². The van der Waals surface area contributed by atoms with Gasteiger partial charge in [0.15, 0.2) is 10.9 Å². The number of anilines is 1. The molecule has 2 aromatic heterocycles. The number of amides is 1. The van der Waals surface area contributed by atoms with Crippen molar-refractivity contribution in [1.82, 2.24) is 9.97 Å². The van der Waals surface area contributed by atoms with Crippen molar-refractivity contribution in [3.63, 3.8) is 0 Å². The van der Waals surface area contributed by atoms with Gasteiger partial charge in [-0.1, -0.05) is 23.9 Å². The molecular formula is C17H15N3O3S2. The average Bonchev–Trinajstić information content (AvgIpc) is 3.04. The van der Waals surface area contributed by atoms with E-state index < -0.39 is 5.25 Å². The van der Waals surface area contributed by atoms with E-state index >= 15 is 0 Å². The highest BCUT2D eigenvalue weighted by molar-refractivity contribution is 8.00. The van der Waals surface area contributed by atoms with Crippen LogP contribution in [0.5, 0.6) is 0 Å². The first-order valence-electron chi connectivity index (χ1n) is 7.50. The summed E-state index contributed by atoms with van der Waals surface area (Å²) in [6.07, 6.45) is 0. The van der Waals surface area contributed by atoms with E-state index in [1.54, 1.807) is 42.6 Å². The molecular weight excluding hydrogens is 358 g/mol. The second-order valence-electron chi connectivity index (χ2n) is 5.40. The minimum atomic E-state index is -0.471. The molecule has 0 unspecified atom stereocenters. The van der Waals surface area contributed by atoms with E-state index in [0.29, 0.717) is 26.6 Å². The van der Waals surface area contributed by atoms with Crippen LogP contribution in [0, 0.1) is 0 Å². The molecule has 0 aliphatic rings. The van der Waals surface area contributed by atoms with Gasteiger partial charge in [0.05, 0.1) is 10.6 Å². The number of nitrogens with one attached hydrogen (secondary N) is 2. The fraction of sp³-hybridized carbons (Fsp3) is 0.176. The van der Waals surface area contributed by atoms with E-state index in [4.69, 9.17) is 0 Å². The van der Waals surface area contributed by atoms with Gasteiger partial charge in [-0.25, -0.2) is 4.98 Å². The number of thioether (sulfide) groups is 1.